The highest BCUT2D eigenvalue weighted by Crippen LogP contribution is 2.36. The van der Waals surface area contributed by atoms with Gasteiger partial charge in [-0.05, 0) is 36.8 Å². The molecule has 0 aliphatic carbocycles. The highest BCUT2D eigenvalue weighted by atomic mass is 35.5. The highest BCUT2D eigenvalue weighted by molar-refractivity contribution is 6.32. The molecule has 31 heavy (non-hydrogen) atoms. The number of hydrogen-bond acceptors (Lipinski definition) is 5. The summed E-state index contributed by atoms with van der Waals surface area (Å²) in [7, 11) is 1.54. The molecule has 156 valence electrons. The molecule has 4 aromatic rings. The van der Waals surface area contributed by atoms with Crippen molar-refractivity contribution in [3.05, 3.63) is 87.7 Å². The van der Waals surface area contributed by atoms with E-state index in [9.17, 15) is 4.79 Å². The monoisotopic (exact) mass is 433 g/mol. The summed E-state index contributed by atoms with van der Waals surface area (Å²) in [5.74, 6) is 1.41. The summed E-state index contributed by atoms with van der Waals surface area (Å²) in [6, 6.07) is 20.1. The molecule has 0 spiro atoms. The lowest BCUT2D eigenvalue weighted by Gasteiger charge is -2.12. The number of halogens is 1. The fourth-order valence-corrected chi connectivity index (χ4v) is 3.50. The zero-order valence-electron chi connectivity index (χ0n) is 17.1. The van der Waals surface area contributed by atoms with Crippen molar-refractivity contribution in [1.82, 2.24) is 9.66 Å². The van der Waals surface area contributed by atoms with E-state index < -0.39 is 0 Å². The Morgan fingerprint density at radius 1 is 1.10 bits per heavy atom. The maximum absolute atomic E-state index is 13.2. The lowest BCUT2D eigenvalue weighted by atomic mass is 10.2. The van der Waals surface area contributed by atoms with Crippen LogP contribution >= 0.6 is 11.6 Å². The fraction of sp³-hybridized carbons (Fsp3) is 0.125. The van der Waals surface area contributed by atoms with Crippen molar-refractivity contribution in [1.29, 1.82) is 0 Å². The first-order valence-electron chi connectivity index (χ1n) is 9.74. The minimum absolute atomic E-state index is 0.260. The minimum Gasteiger partial charge on any atom is -0.493 e. The molecule has 1 aromatic heterocycles. The Balaban J connectivity index is 1.87. The predicted octanol–water partition coefficient (Wildman–Crippen LogP) is 5.01. The zero-order valence-corrected chi connectivity index (χ0v) is 17.8. The third-order valence-electron chi connectivity index (χ3n) is 4.65. The number of ether oxygens (including phenoxy) is 2. The SMILES string of the molecule is CCOc1c(Cl)cc(C=Nn2c(-c3ccccc3)nc3ccccc3c2=O)cc1OC. The third-order valence-corrected chi connectivity index (χ3v) is 4.93. The number of rotatable bonds is 6. The molecule has 0 saturated carbocycles. The topological polar surface area (TPSA) is 65.7 Å². The van der Waals surface area contributed by atoms with Gasteiger partial charge in [-0.15, -0.1) is 0 Å². The number of fused-ring (bicyclic) bond motifs is 1. The average molecular weight is 434 g/mol. The van der Waals surface area contributed by atoms with Crippen molar-refractivity contribution in [3.63, 3.8) is 0 Å². The lowest BCUT2D eigenvalue weighted by molar-refractivity contribution is 0.311. The third kappa shape index (κ3) is 4.15. The normalized spacial score (nSPS) is 11.2. The maximum atomic E-state index is 13.2. The molecule has 4 rings (SSSR count). The molecule has 1 heterocycles. The molecule has 3 aromatic carbocycles. The minimum atomic E-state index is -0.260. The van der Waals surface area contributed by atoms with Gasteiger partial charge in [-0.1, -0.05) is 54.1 Å². The van der Waals surface area contributed by atoms with Crippen LogP contribution in [0.1, 0.15) is 12.5 Å². The van der Waals surface area contributed by atoms with E-state index >= 15 is 0 Å². The first kappa shape index (κ1) is 20.6. The Morgan fingerprint density at radius 2 is 1.84 bits per heavy atom. The van der Waals surface area contributed by atoms with Gasteiger partial charge in [0.1, 0.15) is 0 Å². The van der Waals surface area contributed by atoms with Crippen LogP contribution in [0.2, 0.25) is 5.02 Å². The quantitative estimate of drug-likeness (QED) is 0.401. The molecular weight excluding hydrogens is 414 g/mol. The standard InChI is InChI=1S/C24H20ClN3O3/c1-3-31-22-19(25)13-16(14-21(22)30-2)15-26-28-23(17-9-5-4-6-10-17)27-20-12-8-7-11-18(20)24(28)29/h4-15H,3H2,1-2H3. The molecule has 0 aliphatic heterocycles. The van der Waals surface area contributed by atoms with Gasteiger partial charge in [-0.25, -0.2) is 4.98 Å². The number of nitrogens with zero attached hydrogens (tertiary/aromatic N) is 3. The van der Waals surface area contributed by atoms with E-state index in [2.05, 4.69) is 10.1 Å². The van der Waals surface area contributed by atoms with Gasteiger partial charge in [0, 0.05) is 5.56 Å². The van der Waals surface area contributed by atoms with E-state index in [1.54, 1.807) is 37.6 Å². The van der Waals surface area contributed by atoms with Crippen LogP contribution in [0.4, 0.5) is 0 Å². The van der Waals surface area contributed by atoms with Crippen molar-refractivity contribution in [3.8, 4) is 22.9 Å². The van der Waals surface area contributed by atoms with Gasteiger partial charge in [-0.2, -0.15) is 9.78 Å². The van der Waals surface area contributed by atoms with E-state index in [0.29, 0.717) is 45.4 Å². The molecule has 6 nitrogen and oxygen atoms in total. The number of para-hydroxylation sites is 1. The Morgan fingerprint density at radius 3 is 2.58 bits per heavy atom. The number of methoxy groups -OCH3 is 1. The first-order chi connectivity index (χ1) is 15.1. The van der Waals surface area contributed by atoms with Gasteiger partial charge in [0.25, 0.3) is 5.56 Å². The Labute approximate surface area is 184 Å². The van der Waals surface area contributed by atoms with E-state index in [-0.39, 0.29) is 5.56 Å². The molecule has 0 unspecified atom stereocenters. The van der Waals surface area contributed by atoms with Gasteiger partial charge in [0.2, 0.25) is 0 Å². The molecule has 0 amide bonds. The molecule has 0 fully saturated rings. The van der Waals surface area contributed by atoms with Crippen LogP contribution in [-0.2, 0) is 0 Å². The smallest absolute Gasteiger partial charge is 0.282 e. The second-order valence-electron chi connectivity index (χ2n) is 6.65. The van der Waals surface area contributed by atoms with Crippen LogP contribution < -0.4 is 15.0 Å². The Bertz CT molecular complexity index is 1320. The number of benzene rings is 3. The summed E-state index contributed by atoms with van der Waals surface area (Å²) in [4.78, 5) is 17.9. The van der Waals surface area contributed by atoms with Crippen molar-refractivity contribution in [2.45, 2.75) is 6.92 Å². The van der Waals surface area contributed by atoms with Crippen molar-refractivity contribution >= 4 is 28.7 Å². The second kappa shape index (κ2) is 9.02. The van der Waals surface area contributed by atoms with Crippen molar-refractivity contribution < 1.29 is 9.47 Å². The average Bonchev–Trinajstić information content (AvgIpc) is 2.80. The summed E-state index contributed by atoms with van der Waals surface area (Å²) < 4.78 is 12.2. The second-order valence-corrected chi connectivity index (χ2v) is 7.05. The van der Waals surface area contributed by atoms with Gasteiger partial charge in [0.15, 0.2) is 17.3 Å². The van der Waals surface area contributed by atoms with Crippen molar-refractivity contribution in [2.24, 2.45) is 5.10 Å². The summed E-state index contributed by atoms with van der Waals surface area (Å²) in [5.41, 5.74) is 1.79. The summed E-state index contributed by atoms with van der Waals surface area (Å²) in [6.07, 6.45) is 1.55. The molecule has 0 N–H and O–H groups in total. The molecular formula is C24H20ClN3O3. The van der Waals surface area contributed by atoms with E-state index in [4.69, 9.17) is 21.1 Å². The maximum Gasteiger partial charge on any atom is 0.282 e. The van der Waals surface area contributed by atoms with Crippen LogP contribution in [0.15, 0.2) is 76.6 Å². The van der Waals surface area contributed by atoms with E-state index in [0.717, 1.165) is 5.56 Å². The van der Waals surface area contributed by atoms with Crippen LogP contribution in [0, 0.1) is 0 Å². The first-order valence-corrected chi connectivity index (χ1v) is 10.1. The molecule has 0 saturated heterocycles. The van der Waals surface area contributed by atoms with Gasteiger partial charge < -0.3 is 9.47 Å². The van der Waals surface area contributed by atoms with Crippen LogP contribution in [-0.4, -0.2) is 29.6 Å². The Kier molecular flexibility index (Phi) is 6.00. The van der Waals surface area contributed by atoms with Crippen molar-refractivity contribution in [2.75, 3.05) is 13.7 Å². The molecule has 0 bridgehead atoms. The zero-order chi connectivity index (χ0) is 21.8. The fourth-order valence-electron chi connectivity index (χ4n) is 3.23. The highest BCUT2D eigenvalue weighted by Gasteiger charge is 2.13. The molecule has 0 radical (unpaired) electrons. The molecule has 0 aliphatic rings. The summed E-state index contributed by atoms with van der Waals surface area (Å²) in [5, 5.41) is 5.34. The van der Waals surface area contributed by atoms with E-state index in [1.807, 2.05) is 49.4 Å². The largest absolute Gasteiger partial charge is 0.493 e. The number of aromatic nitrogens is 2. The van der Waals surface area contributed by atoms with Gasteiger partial charge in [-0.3, -0.25) is 4.79 Å². The molecule has 7 heteroatoms. The van der Waals surface area contributed by atoms with Crippen LogP contribution in [0.5, 0.6) is 11.5 Å². The Hall–Kier alpha value is -3.64. The lowest BCUT2D eigenvalue weighted by Crippen LogP contribution is -2.20. The van der Waals surface area contributed by atoms with Crippen LogP contribution in [0.3, 0.4) is 0 Å². The molecule has 0 atom stereocenters. The summed E-state index contributed by atoms with van der Waals surface area (Å²) in [6.45, 7) is 2.33. The van der Waals surface area contributed by atoms with Gasteiger partial charge >= 0.3 is 0 Å². The predicted molar refractivity (Wildman–Crippen MR) is 124 cm³/mol. The van der Waals surface area contributed by atoms with E-state index in [1.165, 1.54) is 4.68 Å². The van der Waals surface area contributed by atoms with Gasteiger partial charge in [0.05, 0.1) is 35.9 Å². The van der Waals surface area contributed by atoms with Crippen LogP contribution in [0.25, 0.3) is 22.3 Å². The number of hydrogen-bond donors (Lipinski definition) is 0. The summed E-state index contributed by atoms with van der Waals surface area (Å²) >= 11 is 6.36.